The minimum atomic E-state index is -5.70. The van der Waals surface area contributed by atoms with Crippen LogP contribution in [-0.2, 0) is 14.3 Å². The van der Waals surface area contributed by atoms with Crippen LogP contribution in [0.1, 0.15) is 0 Å². The highest BCUT2D eigenvalue weighted by atomic mass is 19.4. The van der Waals surface area contributed by atoms with Crippen molar-refractivity contribution in [2.24, 2.45) is 0 Å². The van der Waals surface area contributed by atoms with Crippen molar-refractivity contribution in [3.63, 3.8) is 0 Å². The van der Waals surface area contributed by atoms with Crippen molar-refractivity contribution in [2.45, 2.75) is 18.3 Å². The van der Waals surface area contributed by atoms with E-state index in [2.05, 4.69) is 17.9 Å². The first kappa shape index (κ1) is 20.3. The maximum absolute atomic E-state index is 12.4. The molecule has 0 aromatic heterocycles. The second kappa shape index (κ2) is 8.23. The second-order valence-electron chi connectivity index (χ2n) is 3.02. The molecule has 0 rings (SSSR count). The summed E-state index contributed by atoms with van der Waals surface area (Å²) in [5.74, 6) is -7.15. The molecule has 0 aliphatic carbocycles. The maximum Gasteiger partial charge on any atom is 0.425 e. The standard InChI is InChI=1S/C7H6F6O2.C3H4O2/c1-2-4(14)15-3-6(9,10)5(8)7(11,12)13;1-2-3(4)5/h2,5H,1,3H2;2H,1H2,(H,4,5). The van der Waals surface area contributed by atoms with Crippen LogP contribution in [0.3, 0.4) is 0 Å². The van der Waals surface area contributed by atoms with Gasteiger partial charge in [-0.1, -0.05) is 13.2 Å². The number of aliphatic carboxylic acids is 1. The third-order valence-corrected chi connectivity index (χ3v) is 1.41. The highest BCUT2D eigenvalue weighted by Gasteiger charge is 2.57. The summed E-state index contributed by atoms with van der Waals surface area (Å²) in [7, 11) is 0. The van der Waals surface area contributed by atoms with E-state index >= 15 is 0 Å². The Hall–Kier alpha value is -2.00. The van der Waals surface area contributed by atoms with Gasteiger partial charge in [-0.2, -0.15) is 22.0 Å². The zero-order valence-electron chi connectivity index (χ0n) is 9.79. The zero-order valence-corrected chi connectivity index (χ0v) is 9.79. The molecular weight excluding hydrogens is 298 g/mol. The van der Waals surface area contributed by atoms with E-state index in [1.165, 1.54) is 0 Å². The van der Waals surface area contributed by atoms with Gasteiger partial charge in [0, 0.05) is 12.2 Å². The lowest BCUT2D eigenvalue weighted by molar-refractivity contribution is -0.253. The van der Waals surface area contributed by atoms with E-state index in [4.69, 9.17) is 5.11 Å². The van der Waals surface area contributed by atoms with Gasteiger partial charge in [0.2, 0.25) is 0 Å². The van der Waals surface area contributed by atoms with Crippen LogP contribution in [0.4, 0.5) is 26.3 Å². The Morgan fingerprint density at radius 3 is 1.80 bits per heavy atom. The van der Waals surface area contributed by atoms with Crippen molar-refractivity contribution in [1.29, 1.82) is 0 Å². The van der Waals surface area contributed by atoms with E-state index < -0.39 is 36.8 Å². The molecule has 0 aliphatic rings. The van der Waals surface area contributed by atoms with Gasteiger partial charge in [-0.15, -0.1) is 0 Å². The van der Waals surface area contributed by atoms with Crippen molar-refractivity contribution >= 4 is 11.9 Å². The fourth-order valence-corrected chi connectivity index (χ4v) is 0.539. The van der Waals surface area contributed by atoms with Gasteiger partial charge >= 0.3 is 24.0 Å². The van der Waals surface area contributed by atoms with Gasteiger partial charge in [-0.3, -0.25) is 0 Å². The molecule has 0 amide bonds. The summed E-state index contributed by atoms with van der Waals surface area (Å²) < 4.78 is 75.2. The number of rotatable bonds is 5. The van der Waals surface area contributed by atoms with Crippen LogP contribution in [0.15, 0.2) is 25.3 Å². The number of ether oxygens (including phenoxy) is 1. The molecule has 1 atom stereocenters. The summed E-state index contributed by atoms with van der Waals surface area (Å²) in [6.45, 7) is 3.79. The third kappa shape index (κ3) is 9.00. The van der Waals surface area contributed by atoms with Crippen LogP contribution in [0.25, 0.3) is 0 Å². The van der Waals surface area contributed by atoms with E-state index in [1.807, 2.05) is 0 Å². The van der Waals surface area contributed by atoms with E-state index in [-0.39, 0.29) is 0 Å². The van der Waals surface area contributed by atoms with Gasteiger partial charge in [0.1, 0.15) is 0 Å². The van der Waals surface area contributed by atoms with Crippen molar-refractivity contribution < 1.29 is 45.8 Å². The summed E-state index contributed by atoms with van der Waals surface area (Å²) in [6.07, 6.45) is -8.77. The summed E-state index contributed by atoms with van der Waals surface area (Å²) in [4.78, 5) is 19.5. The number of esters is 1. The number of hydrogen-bond donors (Lipinski definition) is 1. The van der Waals surface area contributed by atoms with Crippen LogP contribution in [0, 0.1) is 0 Å². The molecule has 0 spiro atoms. The summed E-state index contributed by atoms with van der Waals surface area (Å²) in [6, 6.07) is 0. The third-order valence-electron chi connectivity index (χ3n) is 1.41. The topological polar surface area (TPSA) is 63.6 Å². The molecule has 0 aromatic rings. The smallest absolute Gasteiger partial charge is 0.425 e. The van der Waals surface area contributed by atoms with Gasteiger partial charge in [-0.05, 0) is 0 Å². The van der Waals surface area contributed by atoms with Crippen LogP contribution >= 0.6 is 0 Å². The molecular formula is C10H10F6O4. The Morgan fingerprint density at radius 2 is 1.55 bits per heavy atom. The van der Waals surface area contributed by atoms with Gasteiger partial charge in [0.25, 0.3) is 6.17 Å². The Balaban J connectivity index is 0. The Labute approximate surface area is 109 Å². The maximum atomic E-state index is 12.4. The van der Waals surface area contributed by atoms with Gasteiger partial charge in [-0.25, -0.2) is 14.0 Å². The van der Waals surface area contributed by atoms with E-state index in [9.17, 15) is 35.9 Å². The predicted octanol–water partition coefficient (Wildman–Crippen LogP) is 2.51. The van der Waals surface area contributed by atoms with Crippen molar-refractivity contribution in [3.8, 4) is 0 Å². The Kier molecular flexibility index (Phi) is 8.36. The minimum absolute atomic E-state index is 0.469. The SMILES string of the molecule is C=CC(=O)O.C=CC(=O)OCC(F)(F)C(F)C(F)(F)F. The van der Waals surface area contributed by atoms with E-state index in [0.29, 0.717) is 6.08 Å². The van der Waals surface area contributed by atoms with Crippen molar-refractivity contribution in [3.05, 3.63) is 25.3 Å². The van der Waals surface area contributed by atoms with Gasteiger partial charge in [0.05, 0.1) is 0 Å². The molecule has 0 saturated carbocycles. The average molecular weight is 308 g/mol. The van der Waals surface area contributed by atoms with Crippen molar-refractivity contribution in [1.82, 2.24) is 0 Å². The number of carboxylic acids is 1. The Bertz CT molecular complexity index is 363. The predicted molar refractivity (Wildman–Crippen MR) is 54.9 cm³/mol. The van der Waals surface area contributed by atoms with Crippen LogP contribution in [0.5, 0.6) is 0 Å². The number of alkyl halides is 6. The molecule has 1 N–H and O–H groups in total. The molecule has 0 heterocycles. The first-order chi connectivity index (χ1) is 8.88. The second-order valence-corrected chi connectivity index (χ2v) is 3.02. The quantitative estimate of drug-likeness (QED) is 0.481. The normalized spacial score (nSPS) is 12.5. The lowest BCUT2D eigenvalue weighted by Crippen LogP contribution is -2.45. The molecule has 1 unspecified atom stereocenters. The fourth-order valence-electron chi connectivity index (χ4n) is 0.539. The zero-order chi connectivity index (χ0) is 16.6. The summed E-state index contributed by atoms with van der Waals surface area (Å²) >= 11 is 0. The van der Waals surface area contributed by atoms with Crippen LogP contribution < -0.4 is 0 Å². The highest BCUT2D eigenvalue weighted by Crippen LogP contribution is 2.34. The largest absolute Gasteiger partial charge is 0.478 e. The molecule has 10 heteroatoms. The molecule has 0 aromatic carbocycles. The monoisotopic (exact) mass is 308 g/mol. The number of carboxylic acid groups (broad SMARTS) is 1. The number of halogens is 6. The van der Waals surface area contributed by atoms with Crippen molar-refractivity contribution in [2.75, 3.05) is 6.61 Å². The number of carbonyl (C=O) groups excluding carboxylic acids is 1. The number of carbonyl (C=O) groups is 2. The molecule has 0 bridgehead atoms. The minimum Gasteiger partial charge on any atom is -0.478 e. The van der Waals surface area contributed by atoms with Gasteiger partial charge in [0.15, 0.2) is 6.61 Å². The van der Waals surface area contributed by atoms with Crippen LogP contribution in [-0.4, -0.2) is 41.9 Å². The molecule has 0 saturated heterocycles. The van der Waals surface area contributed by atoms with Crippen LogP contribution in [0.2, 0.25) is 0 Å². The molecule has 116 valence electrons. The summed E-state index contributed by atoms with van der Waals surface area (Å²) in [5, 5.41) is 7.60. The molecule has 0 fully saturated rings. The van der Waals surface area contributed by atoms with Gasteiger partial charge < -0.3 is 9.84 Å². The van der Waals surface area contributed by atoms with E-state index in [1.54, 1.807) is 0 Å². The average Bonchev–Trinajstić information content (AvgIpc) is 2.34. The lowest BCUT2D eigenvalue weighted by Gasteiger charge is -2.21. The fraction of sp³-hybridized carbons (Fsp3) is 0.400. The Morgan fingerprint density at radius 1 is 1.15 bits per heavy atom. The highest BCUT2D eigenvalue weighted by molar-refractivity contribution is 5.81. The molecule has 20 heavy (non-hydrogen) atoms. The molecule has 4 nitrogen and oxygen atoms in total. The first-order valence-electron chi connectivity index (χ1n) is 4.61. The first-order valence-corrected chi connectivity index (χ1v) is 4.61. The lowest BCUT2D eigenvalue weighted by atomic mass is 10.2. The van der Waals surface area contributed by atoms with E-state index in [0.717, 1.165) is 6.08 Å². The summed E-state index contributed by atoms with van der Waals surface area (Å²) in [5.41, 5.74) is 0. The molecule has 0 radical (unpaired) electrons. The molecule has 0 aliphatic heterocycles. The number of hydrogen-bond acceptors (Lipinski definition) is 3.